The second-order valence-corrected chi connectivity index (χ2v) is 13.2. The highest BCUT2D eigenvalue weighted by Gasteiger charge is 2.38. The number of nitrogens with one attached hydrogen (secondary N) is 1. The number of Topliss-reactive ketones (excluding diaryl/α,β-unsaturated/α-hetero) is 1. The summed E-state index contributed by atoms with van der Waals surface area (Å²) in [6, 6.07) is 25.5. The highest BCUT2D eigenvalue weighted by Crippen LogP contribution is 2.34. The molecule has 0 aliphatic carbocycles. The van der Waals surface area contributed by atoms with Crippen LogP contribution < -0.4 is 15.1 Å². The lowest BCUT2D eigenvalue weighted by Crippen LogP contribution is -2.57. The highest BCUT2D eigenvalue weighted by molar-refractivity contribution is 6.13. The first-order valence-electron chi connectivity index (χ1n) is 16.3. The van der Waals surface area contributed by atoms with Gasteiger partial charge < -0.3 is 19.9 Å². The first kappa shape index (κ1) is 34.8. The number of fused-ring (bicyclic) bond motifs is 2. The van der Waals surface area contributed by atoms with Crippen LogP contribution in [0.3, 0.4) is 0 Å². The average molecular weight is 663 g/mol. The SMILES string of the molecule is CC(=O)c1ccc(C(=O)N2C[C@H](NC(=O)[C@H](C)N(C)C(=O)OC(C)(C)C)C(=O)N(CCc3cccc4ccccc34)c3ccccc32)cc1. The van der Waals surface area contributed by atoms with Crippen LogP contribution in [-0.4, -0.2) is 72.3 Å². The molecule has 0 saturated heterocycles. The lowest BCUT2D eigenvalue weighted by molar-refractivity contribution is -0.130. The normalized spacial score (nSPS) is 15.2. The fourth-order valence-electron chi connectivity index (χ4n) is 5.82. The summed E-state index contributed by atoms with van der Waals surface area (Å²) in [6.07, 6.45) is -0.169. The maximum Gasteiger partial charge on any atom is 0.410 e. The van der Waals surface area contributed by atoms with Gasteiger partial charge in [-0.05, 0) is 81.6 Å². The monoisotopic (exact) mass is 662 g/mol. The van der Waals surface area contributed by atoms with E-state index in [0.717, 1.165) is 16.3 Å². The van der Waals surface area contributed by atoms with Gasteiger partial charge in [0.05, 0.1) is 17.9 Å². The molecule has 2 atom stereocenters. The molecule has 1 N–H and O–H groups in total. The number of carbonyl (C=O) groups is 5. The number of anilines is 2. The van der Waals surface area contributed by atoms with Crippen LogP contribution in [0.2, 0.25) is 0 Å². The number of rotatable bonds is 8. The molecular weight excluding hydrogens is 620 g/mol. The van der Waals surface area contributed by atoms with Gasteiger partial charge in [-0.1, -0.05) is 66.7 Å². The van der Waals surface area contributed by atoms with Crippen LogP contribution in [-0.2, 0) is 20.7 Å². The number of benzene rings is 4. The van der Waals surface area contributed by atoms with E-state index < -0.39 is 41.5 Å². The van der Waals surface area contributed by atoms with Crippen LogP contribution in [0, 0.1) is 0 Å². The number of para-hydroxylation sites is 2. The third-order valence-corrected chi connectivity index (χ3v) is 8.62. The third kappa shape index (κ3) is 7.80. The van der Waals surface area contributed by atoms with Crippen molar-refractivity contribution < 1.29 is 28.7 Å². The highest BCUT2D eigenvalue weighted by atomic mass is 16.6. The summed E-state index contributed by atoms with van der Waals surface area (Å²) in [5, 5.41) is 5.01. The second-order valence-electron chi connectivity index (χ2n) is 13.2. The molecule has 10 heteroatoms. The Morgan fingerprint density at radius 2 is 1.49 bits per heavy atom. The minimum atomic E-state index is -1.15. The maximum absolute atomic E-state index is 14.5. The molecule has 5 rings (SSSR count). The number of ether oxygens (including phenoxy) is 1. The van der Waals surface area contributed by atoms with Crippen molar-refractivity contribution in [2.24, 2.45) is 0 Å². The third-order valence-electron chi connectivity index (χ3n) is 8.62. The Kier molecular flexibility index (Phi) is 10.2. The second kappa shape index (κ2) is 14.3. The van der Waals surface area contributed by atoms with E-state index in [-0.39, 0.29) is 18.9 Å². The topological polar surface area (TPSA) is 116 Å². The molecule has 0 saturated carbocycles. The van der Waals surface area contributed by atoms with Crippen LogP contribution in [0.1, 0.15) is 60.9 Å². The molecule has 4 aromatic rings. The van der Waals surface area contributed by atoms with E-state index in [1.54, 1.807) is 81.1 Å². The lowest BCUT2D eigenvalue weighted by Gasteiger charge is -2.30. The van der Waals surface area contributed by atoms with Crippen molar-refractivity contribution in [2.75, 3.05) is 29.9 Å². The van der Waals surface area contributed by atoms with E-state index in [0.29, 0.717) is 28.9 Å². The van der Waals surface area contributed by atoms with Crippen molar-refractivity contribution >= 4 is 51.7 Å². The molecule has 0 aromatic heterocycles. The summed E-state index contributed by atoms with van der Waals surface area (Å²) < 4.78 is 5.44. The zero-order valence-corrected chi connectivity index (χ0v) is 28.7. The van der Waals surface area contributed by atoms with E-state index in [1.165, 1.54) is 23.8 Å². The van der Waals surface area contributed by atoms with Gasteiger partial charge in [0, 0.05) is 24.7 Å². The molecule has 4 amide bonds. The molecular formula is C39H42N4O6. The number of likely N-dealkylation sites (N-methyl/N-ethyl adjacent to an activating group) is 1. The number of carbonyl (C=O) groups excluding carboxylic acids is 5. The summed E-state index contributed by atoms with van der Waals surface area (Å²) in [6.45, 7) is 8.32. The van der Waals surface area contributed by atoms with Crippen molar-refractivity contribution in [3.8, 4) is 0 Å². The number of nitrogens with zero attached hydrogens (tertiary/aromatic N) is 3. The Bertz CT molecular complexity index is 1890. The summed E-state index contributed by atoms with van der Waals surface area (Å²) in [7, 11) is 1.46. The van der Waals surface area contributed by atoms with E-state index in [1.807, 2.05) is 42.5 Å². The van der Waals surface area contributed by atoms with Crippen molar-refractivity contribution in [1.29, 1.82) is 0 Å². The van der Waals surface area contributed by atoms with Crippen molar-refractivity contribution in [3.63, 3.8) is 0 Å². The molecule has 0 fully saturated rings. The van der Waals surface area contributed by atoms with Gasteiger partial charge >= 0.3 is 6.09 Å². The number of hydrogen-bond acceptors (Lipinski definition) is 6. The van der Waals surface area contributed by atoms with Crippen LogP contribution in [0.5, 0.6) is 0 Å². The van der Waals surface area contributed by atoms with Gasteiger partial charge in [-0.25, -0.2) is 4.79 Å². The number of hydrogen-bond donors (Lipinski definition) is 1. The first-order valence-corrected chi connectivity index (χ1v) is 16.3. The van der Waals surface area contributed by atoms with Crippen molar-refractivity contribution in [1.82, 2.24) is 10.2 Å². The predicted octanol–water partition coefficient (Wildman–Crippen LogP) is 6.02. The molecule has 1 aliphatic heterocycles. The van der Waals surface area contributed by atoms with Crippen LogP contribution >= 0.6 is 0 Å². The quantitative estimate of drug-likeness (QED) is 0.231. The molecule has 10 nitrogen and oxygen atoms in total. The molecule has 0 unspecified atom stereocenters. The van der Waals surface area contributed by atoms with Gasteiger partial charge in [-0.15, -0.1) is 0 Å². The average Bonchev–Trinajstić information content (AvgIpc) is 3.19. The minimum Gasteiger partial charge on any atom is -0.444 e. The summed E-state index contributed by atoms with van der Waals surface area (Å²) >= 11 is 0. The standard InChI is InChI=1S/C39H42N4O6/c1-25(41(6)38(48)49-39(3,4)5)35(45)40-32-24-43(36(46)30-20-18-27(19-21-30)26(2)44)34-17-10-9-16-33(34)42(37(32)47)23-22-29-14-11-13-28-12-7-8-15-31(28)29/h7-21,25,32H,22-24H2,1-6H3,(H,40,45)/t25-,32-/m0/s1. The van der Waals surface area contributed by atoms with Crippen LogP contribution in [0.15, 0.2) is 91.0 Å². The van der Waals surface area contributed by atoms with Gasteiger partial charge in [0.25, 0.3) is 11.8 Å². The molecule has 0 spiro atoms. The summed E-state index contributed by atoms with van der Waals surface area (Å²) in [5.41, 5.74) is 2.11. The number of ketones is 1. The molecule has 4 aromatic carbocycles. The van der Waals surface area contributed by atoms with E-state index in [4.69, 9.17) is 4.74 Å². The fourth-order valence-corrected chi connectivity index (χ4v) is 5.82. The van der Waals surface area contributed by atoms with E-state index >= 15 is 0 Å². The van der Waals surface area contributed by atoms with Crippen LogP contribution in [0.25, 0.3) is 10.8 Å². The minimum absolute atomic E-state index is 0.125. The number of amides is 4. The van der Waals surface area contributed by atoms with Gasteiger partial charge in [-0.2, -0.15) is 0 Å². The zero-order chi connectivity index (χ0) is 35.5. The molecule has 49 heavy (non-hydrogen) atoms. The molecule has 1 aliphatic rings. The van der Waals surface area contributed by atoms with Crippen LogP contribution in [0.4, 0.5) is 16.2 Å². The maximum atomic E-state index is 14.5. The first-order chi connectivity index (χ1) is 23.2. The van der Waals surface area contributed by atoms with E-state index in [2.05, 4.69) is 5.32 Å². The fraction of sp³-hybridized carbons (Fsp3) is 0.308. The zero-order valence-electron chi connectivity index (χ0n) is 28.7. The predicted molar refractivity (Wildman–Crippen MR) is 190 cm³/mol. The largest absolute Gasteiger partial charge is 0.444 e. The molecule has 0 radical (unpaired) electrons. The summed E-state index contributed by atoms with van der Waals surface area (Å²) in [5.74, 6) is -1.50. The van der Waals surface area contributed by atoms with Crippen molar-refractivity contribution in [2.45, 2.75) is 58.7 Å². The van der Waals surface area contributed by atoms with Gasteiger partial charge in [0.1, 0.15) is 17.7 Å². The van der Waals surface area contributed by atoms with Crippen molar-refractivity contribution in [3.05, 3.63) is 108 Å². The smallest absolute Gasteiger partial charge is 0.410 e. The Hall–Kier alpha value is -5.51. The van der Waals surface area contributed by atoms with Gasteiger partial charge in [0.2, 0.25) is 5.91 Å². The Labute approximate surface area is 286 Å². The Morgan fingerprint density at radius 1 is 0.878 bits per heavy atom. The Morgan fingerprint density at radius 3 is 2.16 bits per heavy atom. The summed E-state index contributed by atoms with van der Waals surface area (Å²) in [4.78, 5) is 71.3. The molecule has 0 bridgehead atoms. The molecule has 1 heterocycles. The van der Waals surface area contributed by atoms with Gasteiger partial charge in [-0.3, -0.25) is 24.1 Å². The van der Waals surface area contributed by atoms with E-state index in [9.17, 15) is 24.0 Å². The van der Waals surface area contributed by atoms with Gasteiger partial charge in [0.15, 0.2) is 5.78 Å². The molecule has 254 valence electrons. The lowest BCUT2D eigenvalue weighted by atomic mass is 10.0. The Balaban J connectivity index is 1.50.